The normalized spacial score (nSPS) is 23.4. The maximum absolute atomic E-state index is 12.6. The SMILES string of the molecule is NC(N)=NCC1CCC(C(=O)NCC(=O)N2CCN(CC(=O)O)C(=O)C2CC(=O)O)CC1. The number of nitrogens with zero attached hydrogens (tertiary/aromatic N) is 3. The van der Waals surface area contributed by atoms with Crippen molar-refractivity contribution in [2.75, 3.05) is 32.7 Å². The fourth-order valence-corrected chi connectivity index (χ4v) is 4.07. The molecule has 1 unspecified atom stereocenters. The maximum atomic E-state index is 12.6. The van der Waals surface area contributed by atoms with Gasteiger partial charge in [0.1, 0.15) is 12.6 Å². The van der Waals surface area contributed by atoms with Crippen molar-refractivity contribution in [3.8, 4) is 0 Å². The molecule has 7 N–H and O–H groups in total. The predicted molar refractivity (Wildman–Crippen MR) is 111 cm³/mol. The quantitative estimate of drug-likeness (QED) is 0.188. The zero-order chi connectivity index (χ0) is 23.8. The summed E-state index contributed by atoms with van der Waals surface area (Å²) in [6.45, 7) is -0.459. The van der Waals surface area contributed by atoms with E-state index in [1.807, 2.05) is 0 Å². The second-order valence-corrected chi connectivity index (χ2v) is 8.06. The summed E-state index contributed by atoms with van der Waals surface area (Å²) in [7, 11) is 0. The lowest BCUT2D eigenvalue weighted by Gasteiger charge is -2.39. The largest absolute Gasteiger partial charge is 0.481 e. The molecule has 13 heteroatoms. The van der Waals surface area contributed by atoms with Gasteiger partial charge in [-0.15, -0.1) is 0 Å². The molecule has 0 bridgehead atoms. The summed E-state index contributed by atoms with van der Waals surface area (Å²) in [4.78, 5) is 65.8. The predicted octanol–water partition coefficient (Wildman–Crippen LogP) is -2.22. The zero-order valence-corrected chi connectivity index (χ0v) is 17.7. The van der Waals surface area contributed by atoms with Gasteiger partial charge < -0.3 is 36.8 Å². The molecule has 1 saturated heterocycles. The molecule has 1 aliphatic carbocycles. The topological polar surface area (TPSA) is 209 Å². The van der Waals surface area contributed by atoms with Crippen LogP contribution in [-0.2, 0) is 24.0 Å². The van der Waals surface area contributed by atoms with E-state index in [9.17, 15) is 24.0 Å². The molecular weight excluding hydrogens is 424 g/mol. The van der Waals surface area contributed by atoms with E-state index < -0.39 is 42.8 Å². The van der Waals surface area contributed by atoms with Gasteiger partial charge in [0.05, 0.1) is 13.0 Å². The second kappa shape index (κ2) is 11.3. The average molecular weight is 454 g/mol. The van der Waals surface area contributed by atoms with Crippen molar-refractivity contribution in [3.63, 3.8) is 0 Å². The van der Waals surface area contributed by atoms with Crippen LogP contribution in [0.2, 0.25) is 0 Å². The summed E-state index contributed by atoms with van der Waals surface area (Å²) >= 11 is 0. The van der Waals surface area contributed by atoms with E-state index in [2.05, 4.69) is 10.3 Å². The van der Waals surface area contributed by atoms with Gasteiger partial charge in [0.2, 0.25) is 17.7 Å². The summed E-state index contributed by atoms with van der Waals surface area (Å²) in [5, 5.41) is 20.6. The van der Waals surface area contributed by atoms with Crippen molar-refractivity contribution in [3.05, 3.63) is 0 Å². The van der Waals surface area contributed by atoms with Crippen molar-refractivity contribution in [2.45, 2.75) is 38.1 Å². The van der Waals surface area contributed by atoms with E-state index in [1.165, 1.54) is 0 Å². The van der Waals surface area contributed by atoms with Crippen LogP contribution in [0.25, 0.3) is 0 Å². The Bertz CT molecular complexity index is 774. The molecule has 32 heavy (non-hydrogen) atoms. The number of piperazine rings is 1. The van der Waals surface area contributed by atoms with Crippen molar-refractivity contribution in [1.29, 1.82) is 0 Å². The van der Waals surface area contributed by atoms with Crippen LogP contribution in [0.1, 0.15) is 32.1 Å². The number of nitrogens with one attached hydrogen (secondary N) is 1. The molecule has 1 atom stereocenters. The number of hydrogen-bond acceptors (Lipinski definition) is 6. The van der Waals surface area contributed by atoms with Gasteiger partial charge in [0.25, 0.3) is 0 Å². The second-order valence-electron chi connectivity index (χ2n) is 8.06. The molecule has 0 spiro atoms. The monoisotopic (exact) mass is 454 g/mol. The zero-order valence-electron chi connectivity index (χ0n) is 17.7. The molecule has 0 aromatic heterocycles. The van der Waals surface area contributed by atoms with Gasteiger partial charge in [0, 0.05) is 25.6 Å². The number of aliphatic carboxylic acids is 2. The van der Waals surface area contributed by atoms with E-state index in [1.54, 1.807) is 0 Å². The van der Waals surface area contributed by atoms with E-state index in [0.29, 0.717) is 25.3 Å². The average Bonchev–Trinajstić information content (AvgIpc) is 2.73. The first-order chi connectivity index (χ1) is 15.1. The van der Waals surface area contributed by atoms with Crippen molar-refractivity contribution in [1.82, 2.24) is 15.1 Å². The van der Waals surface area contributed by atoms with Gasteiger partial charge in [-0.3, -0.25) is 29.0 Å². The molecule has 178 valence electrons. The number of carbonyl (C=O) groups excluding carboxylic acids is 3. The lowest BCUT2D eigenvalue weighted by Crippen LogP contribution is -2.61. The molecule has 1 aliphatic heterocycles. The minimum Gasteiger partial charge on any atom is -0.481 e. The summed E-state index contributed by atoms with van der Waals surface area (Å²) in [5.41, 5.74) is 10.7. The highest BCUT2D eigenvalue weighted by Gasteiger charge is 2.39. The van der Waals surface area contributed by atoms with Gasteiger partial charge in [-0.25, -0.2) is 0 Å². The van der Waals surface area contributed by atoms with Gasteiger partial charge in [0.15, 0.2) is 5.96 Å². The Kier molecular flexibility index (Phi) is 8.79. The molecule has 2 rings (SSSR count). The van der Waals surface area contributed by atoms with Gasteiger partial charge in [-0.2, -0.15) is 0 Å². The third-order valence-corrected chi connectivity index (χ3v) is 5.76. The molecule has 0 radical (unpaired) electrons. The van der Waals surface area contributed by atoms with Crippen LogP contribution < -0.4 is 16.8 Å². The lowest BCUT2D eigenvalue weighted by molar-refractivity contribution is -0.158. The number of carboxylic acids is 2. The molecule has 3 amide bonds. The molecular formula is C19H30N6O7. The molecule has 13 nitrogen and oxygen atoms in total. The Labute approximate surface area is 184 Å². The Morgan fingerprint density at radius 2 is 1.69 bits per heavy atom. The van der Waals surface area contributed by atoms with Crippen LogP contribution in [0, 0.1) is 11.8 Å². The molecule has 2 fully saturated rings. The number of hydrogen-bond donors (Lipinski definition) is 5. The van der Waals surface area contributed by atoms with E-state index >= 15 is 0 Å². The first-order valence-electron chi connectivity index (χ1n) is 10.4. The van der Waals surface area contributed by atoms with Gasteiger partial charge in [-0.05, 0) is 31.6 Å². The fourth-order valence-electron chi connectivity index (χ4n) is 4.07. The molecule has 0 aromatic carbocycles. The lowest BCUT2D eigenvalue weighted by atomic mass is 9.81. The number of aliphatic imine (C=N–C) groups is 1. The summed E-state index contributed by atoms with van der Waals surface area (Å²) < 4.78 is 0. The summed E-state index contributed by atoms with van der Waals surface area (Å²) in [6.07, 6.45) is 2.19. The number of carbonyl (C=O) groups is 5. The van der Waals surface area contributed by atoms with Crippen LogP contribution in [0.3, 0.4) is 0 Å². The van der Waals surface area contributed by atoms with Gasteiger partial charge in [-0.1, -0.05) is 0 Å². The number of nitrogens with two attached hydrogens (primary N) is 2. The maximum Gasteiger partial charge on any atom is 0.323 e. The van der Waals surface area contributed by atoms with Crippen molar-refractivity contribution in [2.24, 2.45) is 28.3 Å². The third kappa shape index (κ3) is 7.10. The molecule has 1 saturated carbocycles. The van der Waals surface area contributed by atoms with E-state index in [4.69, 9.17) is 21.7 Å². The number of rotatable bonds is 9. The minimum atomic E-state index is -1.31. The van der Waals surface area contributed by atoms with E-state index in [0.717, 1.165) is 22.6 Å². The standard InChI is InChI=1S/C19H30N6O7/c20-19(21)23-8-11-1-3-12(4-2-11)17(31)22-9-14(26)25-6-5-24(10-16(29)30)18(32)13(25)7-15(27)28/h11-13H,1-10H2,(H,22,31)(H,27,28)(H,29,30)(H4,20,21,23). The van der Waals surface area contributed by atoms with E-state index in [-0.39, 0.29) is 37.4 Å². The molecule has 2 aliphatic rings. The highest BCUT2D eigenvalue weighted by atomic mass is 16.4. The highest BCUT2D eigenvalue weighted by Crippen LogP contribution is 2.29. The first-order valence-corrected chi connectivity index (χ1v) is 10.4. The number of amides is 3. The first kappa shape index (κ1) is 24.9. The highest BCUT2D eigenvalue weighted by molar-refractivity contribution is 5.94. The van der Waals surface area contributed by atoms with Crippen LogP contribution in [-0.4, -0.2) is 94.4 Å². The summed E-state index contributed by atoms with van der Waals surface area (Å²) in [5.74, 6) is -4.03. The van der Waals surface area contributed by atoms with Crippen molar-refractivity contribution < 1.29 is 34.2 Å². The number of carboxylic acid groups (broad SMARTS) is 2. The fraction of sp³-hybridized carbons (Fsp3) is 0.684. The van der Waals surface area contributed by atoms with Crippen LogP contribution in [0.15, 0.2) is 4.99 Å². The Morgan fingerprint density at radius 3 is 2.25 bits per heavy atom. The van der Waals surface area contributed by atoms with Crippen LogP contribution >= 0.6 is 0 Å². The Hall–Kier alpha value is -3.38. The minimum absolute atomic E-state index is 0.0123. The third-order valence-electron chi connectivity index (χ3n) is 5.76. The summed E-state index contributed by atoms with van der Waals surface area (Å²) in [6, 6.07) is -1.31. The molecule has 1 heterocycles. The Balaban J connectivity index is 1.88. The van der Waals surface area contributed by atoms with Crippen molar-refractivity contribution >= 4 is 35.6 Å². The number of guanidine groups is 1. The smallest absolute Gasteiger partial charge is 0.323 e. The Morgan fingerprint density at radius 1 is 1.03 bits per heavy atom. The van der Waals surface area contributed by atoms with Crippen LogP contribution in [0.4, 0.5) is 0 Å². The molecule has 0 aromatic rings. The van der Waals surface area contributed by atoms with Crippen LogP contribution in [0.5, 0.6) is 0 Å². The van der Waals surface area contributed by atoms with Gasteiger partial charge >= 0.3 is 11.9 Å².